The predicted octanol–water partition coefficient (Wildman–Crippen LogP) is 0.931. The zero-order valence-electron chi connectivity index (χ0n) is 13.8. The molecule has 1 aliphatic heterocycles. The van der Waals surface area contributed by atoms with Gasteiger partial charge in [-0.3, -0.25) is 4.90 Å². The van der Waals surface area contributed by atoms with Crippen molar-refractivity contribution in [2.75, 3.05) is 45.9 Å². The number of piperazine rings is 1. The van der Waals surface area contributed by atoms with Gasteiger partial charge in [0.2, 0.25) is 0 Å². The number of hydrogen-bond donors (Lipinski definition) is 1. The lowest BCUT2D eigenvalue weighted by Crippen LogP contribution is -2.61. The normalized spacial score (nSPS) is 24.0. The third-order valence-electron chi connectivity index (χ3n) is 4.53. The Labute approximate surface area is 128 Å². The minimum Gasteiger partial charge on any atom is -0.465 e. The van der Waals surface area contributed by atoms with E-state index in [0.717, 1.165) is 45.6 Å². The van der Waals surface area contributed by atoms with Crippen LogP contribution >= 0.6 is 0 Å². The number of nitrogens with zero attached hydrogens (tertiary/aromatic N) is 2. The molecule has 0 bridgehead atoms. The minimum absolute atomic E-state index is 0.211. The van der Waals surface area contributed by atoms with Crippen LogP contribution in [0.1, 0.15) is 33.6 Å². The average Bonchev–Trinajstić information content (AvgIpc) is 3.25. The first-order chi connectivity index (χ1) is 9.95. The molecule has 1 aliphatic carbocycles. The summed E-state index contributed by atoms with van der Waals surface area (Å²) in [4.78, 5) is 17.1. The predicted molar refractivity (Wildman–Crippen MR) is 84.0 cm³/mol. The molecule has 2 aliphatic rings. The molecule has 1 atom stereocenters. The highest BCUT2D eigenvalue weighted by Gasteiger charge is 2.50. The van der Waals surface area contributed by atoms with Crippen LogP contribution in [0.4, 0.5) is 0 Å². The van der Waals surface area contributed by atoms with Crippen LogP contribution in [0.5, 0.6) is 0 Å². The van der Waals surface area contributed by atoms with E-state index in [1.54, 1.807) is 0 Å². The van der Waals surface area contributed by atoms with Gasteiger partial charge in [0.1, 0.15) is 5.54 Å². The van der Waals surface area contributed by atoms with Gasteiger partial charge < -0.3 is 15.4 Å². The Balaban J connectivity index is 1.86. The molecule has 122 valence electrons. The van der Waals surface area contributed by atoms with Gasteiger partial charge >= 0.3 is 5.97 Å². The highest BCUT2D eigenvalue weighted by atomic mass is 16.5. The maximum Gasteiger partial charge on any atom is 0.327 e. The summed E-state index contributed by atoms with van der Waals surface area (Å²) >= 11 is 0. The highest BCUT2D eigenvalue weighted by Crippen LogP contribution is 2.39. The van der Waals surface area contributed by atoms with E-state index in [2.05, 4.69) is 23.6 Å². The zero-order valence-corrected chi connectivity index (χ0v) is 13.8. The van der Waals surface area contributed by atoms with Crippen LogP contribution in [0.15, 0.2) is 0 Å². The Kier molecular flexibility index (Phi) is 5.63. The third-order valence-corrected chi connectivity index (χ3v) is 4.53. The minimum atomic E-state index is -0.795. The van der Waals surface area contributed by atoms with Crippen molar-refractivity contribution in [3.8, 4) is 0 Å². The third kappa shape index (κ3) is 4.41. The van der Waals surface area contributed by atoms with Crippen LogP contribution in [-0.4, -0.2) is 67.2 Å². The van der Waals surface area contributed by atoms with Gasteiger partial charge in [-0.15, -0.1) is 0 Å². The molecule has 0 spiro atoms. The summed E-state index contributed by atoms with van der Waals surface area (Å²) in [5.74, 6) is 0.804. The van der Waals surface area contributed by atoms with Crippen molar-refractivity contribution in [3.63, 3.8) is 0 Å². The zero-order chi connectivity index (χ0) is 15.5. The lowest BCUT2D eigenvalue weighted by molar-refractivity contribution is -0.151. The van der Waals surface area contributed by atoms with E-state index in [0.29, 0.717) is 25.0 Å². The Morgan fingerprint density at radius 2 is 1.81 bits per heavy atom. The van der Waals surface area contributed by atoms with Crippen LogP contribution in [0.3, 0.4) is 0 Å². The summed E-state index contributed by atoms with van der Waals surface area (Å²) in [5, 5.41) is 0. The Hall–Kier alpha value is -0.650. The molecule has 0 radical (unpaired) electrons. The van der Waals surface area contributed by atoms with Gasteiger partial charge in [-0.2, -0.15) is 0 Å². The van der Waals surface area contributed by atoms with E-state index in [1.165, 1.54) is 0 Å². The maximum absolute atomic E-state index is 12.2. The SMILES string of the molecule is CCOC(=O)C(N)(CN1CCN(CC(C)C)CC1)C1CC1. The molecule has 0 aromatic heterocycles. The van der Waals surface area contributed by atoms with Gasteiger partial charge in [0.25, 0.3) is 0 Å². The van der Waals surface area contributed by atoms with Gasteiger partial charge in [-0.25, -0.2) is 4.79 Å². The Morgan fingerprint density at radius 3 is 2.29 bits per heavy atom. The molecule has 1 saturated heterocycles. The van der Waals surface area contributed by atoms with Crippen LogP contribution in [-0.2, 0) is 9.53 Å². The lowest BCUT2D eigenvalue weighted by Gasteiger charge is -2.39. The van der Waals surface area contributed by atoms with Gasteiger partial charge in [0.15, 0.2) is 0 Å². The molecule has 1 unspecified atom stereocenters. The van der Waals surface area contributed by atoms with Crippen LogP contribution in [0.2, 0.25) is 0 Å². The monoisotopic (exact) mass is 297 g/mol. The molecule has 1 saturated carbocycles. The largest absolute Gasteiger partial charge is 0.465 e. The smallest absolute Gasteiger partial charge is 0.327 e. The molecule has 21 heavy (non-hydrogen) atoms. The van der Waals surface area contributed by atoms with E-state index >= 15 is 0 Å². The number of nitrogens with two attached hydrogens (primary N) is 1. The van der Waals surface area contributed by atoms with Crippen molar-refractivity contribution in [2.45, 2.75) is 39.2 Å². The van der Waals surface area contributed by atoms with Gasteiger partial charge in [-0.1, -0.05) is 13.8 Å². The summed E-state index contributed by atoms with van der Waals surface area (Å²) < 4.78 is 5.22. The number of hydrogen-bond acceptors (Lipinski definition) is 5. The molecule has 0 aromatic carbocycles. The van der Waals surface area contributed by atoms with Crippen molar-refractivity contribution in [3.05, 3.63) is 0 Å². The number of ether oxygens (including phenoxy) is 1. The second-order valence-corrected chi connectivity index (χ2v) is 7.01. The topological polar surface area (TPSA) is 58.8 Å². The Morgan fingerprint density at radius 1 is 1.24 bits per heavy atom. The fourth-order valence-corrected chi connectivity index (χ4v) is 3.24. The number of esters is 1. The van der Waals surface area contributed by atoms with E-state index in [-0.39, 0.29) is 5.97 Å². The summed E-state index contributed by atoms with van der Waals surface area (Å²) in [7, 11) is 0. The average molecular weight is 297 g/mol. The maximum atomic E-state index is 12.2. The van der Waals surface area contributed by atoms with Crippen molar-refractivity contribution in [1.82, 2.24) is 9.80 Å². The standard InChI is InChI=1S/C16H31N3O2/c1-4-21-15(20)16(17,14-5-6-14)12-19-9-7-18(8-10-19)11-13(2)3/h13-14H,4-12,17H2,1-3H3. The molecular formula is C16H31N3O2. The highest BCUT2D eigenvalue weighted by molar-refractivity contribution is 5.82. The van der Waals surface area contributed by atoms with E-state index < -0.39 is 5.54 Å². The second kappa shape index (κ2) is 7.07. The van der Waals surface area contributed by atoms with Gasteiger partial charge in [0, 0.05) is 39.3 Å². The molecule has 2 N–H and O–H groups in total. The summed E-state index contributed by atoms with van der Waals surface area (Å²) in [6.07, 6.45) is 2.12. The van der Waals surface area contributed by atoms with E-state index in [4.69, 9.17) is 10.5 Å². The number of carbonyl (C=O) groups is 1. The molecule has 2 rings (SSSR count). The van der Waals surface area contributed by atoms with Crippen molar-refractivity contribution in [2.24, 2.45) is 17.6 Å². The molecular weight excluding hydrogens is 266 g/mol. The molecule has 1 heterocycles. The van der Waals surface area contributed by atoms with Crippen LogP contribution in [0.25, 0.3) is 0 Å². The van der Waals surface area contributed by atoms with Crippen molar-refractivity contribution >= 4 is 5.97 Å². The molecule has 5 nitrogen and oxygen atoms in total. The molecule has 0 aromatic rings. The fourth-order valence-electron chi connectivity index (χ4n) is 3.24. The summed E-state index contributed by atoms with van der Waals surface area (Å²) in [6, 6.07) is 0. The summed E-state index contributed by atoms with van der Waals surface area (Å²) in [6.45, 7) is 12.7. The van der Waals surface area contributed by atoms with Gasteiger partial charge in [0.05, 0.1) is 6.61 Å². The molecule has 0 amide bonds. The van der Waals surface area contributed by atoms with Crippen LogP contribution < -0.4 is 5.73 Å². The summed E-state index contributed by atoms with van der Waals surface area (Å²) in [5.41, 5.74) is 5.65. The molecule has 2 fully saturated rings. The lowest BCUT2D eigenvalue weighted by atomic mass is 9.93. The van der Waals surface area contributed by atoms with Crippen molar-refractivity contribution in [1.29, 1.82) is 0 Å². The second-order valence-electron chi connectivity index (χ2n) is 7.01. The van der Waals surface area contributed by atoms with Crippen LogP contribution in [0, 0.1) is 11.8 Å². The first-order valence-electron chi connectivity index (χ1n) is 8.36. The van der Waals surface area contributed by atoms with Gasteiger partial charge in [-0.05, 0) is 31.6 Å². The Bertz CT molecular complexity index is 349. The van der Waals surface area contributed by atoms with Crippen molar-refractivity contribution < 1.29 is 9.53 Å². The van der Waals surface area contributed by atoms with E-state index in [9.17, 15) is 4.79 Å². The van der Waals surface area contributed by atoms with E-state index in [1.807, 2.05) is 6.92 Å². The quantitative estimate of drug-likeness (QED) is 0.709. The first-order valence-corrected chi connectivity index (χ1v) is 8.36. The molecule has 5 heteroatoms. The number of rotatable bonds is 7. The number of carbonyl (C=O) groups excluding carboxylic acids is 1. The fraction of sp³-hybridized carbons (Fsp3) is 0.938. The first kappa shape index (κ1) is 16.7.